The molecule has 0 unspecified atom stereocenters. The maximum absolute atomic E-state index is 12.1. The van der Waals surface area contributed by atoms with E-state index in [0.717, 1.165) is 0 Å². The van der Waals surface area contributed by atoms with Crippen molar-refractivity contribution in [1.29, 1.82) is 0 Å². The quantitative estimate of drug-likeness (QED) is 0.666. The molecule has 1 aromatic carbocycles. The topological polar surface area (TPSA) is 69.9 Å². The van der Waals surface area contributed by atoms with Crippen molar-refractivity contribution in [3.05, 3.63) is 63.5 Å². The number of aromatic nitrogens is 2. The highest BCUT2D eigenvalue weighted by molar-refractivity contribution is 7.15. The van der Waals surface area contributed by atoms with E-state index in [1.165, 1.54) is 21.8 Å². The van der Waals surface area contributed by atoms with Crippen molar-refractivity contribution in [2.45, 2.75) is 26.6 Å². The average molecular weight is 344 g/mol. The Balaban J connectivity index is 1.67. The van der Waals surface area contributed by atoms with Gasteiger partial charge < -0.3 is 9.47 Å². The van der Waals surface area contributed by atoms with Crippen LogP contribution in [-0.2, 0) is 11.3 Å². The smallest absolute Gasteiger partial charge is 0.338 e. The van der Waals surface area contributed by atoms with Crippen LogP contribution < -0.4 is 10.3 Å². The second kappa shape index (κ2) is 6.84. The van der Waals surface area contributed by atoms with Crippen LogP contribution in [0.25, 0.3) is 4.96 Å². The van der Waals surface area contributed by atoms with Gasteiger partial charge in [-0.25, -0.2) is 9.78 Å². The SMILES string of the molecule is CC(C)Oc1ccc(C(=O)OCc2cc(=O)n3ccsc3n2)cc1. The lowest BCUT2D eigenvalue weighted by Crippen LogP contribution is -2.14. The Kier molecular flexibility index (Phi) is 4.61. The summed E-state index contributed by atoms with van der Waals surface area (Å²) in [5, 5.41) is 1.78. The molecule has 0 amide bonds. The molecule has 0 N–H and O–H groups in total. The maximum atomic E-state index is 12.1. The molecule has 3 aromatic rings. The fourth-order valence-corrected chi connectivity index (χ4v) is 2.86. The van der Waals surface area contributed by atoms with E-state index in [1.54, 1.807) is 35.8 Å². The first kappa shape index (κ1) is 16.2. The predicted octanol–water partition coefficient (Wildman–Crippen LogP) is 2.90. The van der Waals surface area contributed by atoms with Gasteiger partial charge in [0.05, 0.1) is 17.4 Å². The third-order valence-electron chi connectivity index (χ3n) is 3.17. The fourth-order valence-electron chi connectivity index (χ4n) is 2.13. The Morgan fingerprint density at radius 1 is 1.29 bits per heavy atom. The Bertz CT molecular complexity index is 912. The zero-order valence-electron chi connectivity index (χ0n) is 13.3. The summed E-state index contributed by atoms with van der Waals surface area (Å²) in [6.07, 6.45) is 1.73. The average Bonchev–Trinajstić information content (AvgIpc) is 3.02. The van der Waals surface area contributed by atoms with Gasteiger partial charge in [0.2, 0.25) is 0 Å². The molecule has 0 fully saturated rings. The molecule has 124 valence electrons. The standard InChI is InChI=1S/C17H16N2O4S/c1-11(2)23-14-5-3-12(4-6-14)16(21)22-10-13-9-15(20)19-7-8-24-17(19)18-13/h3-9,11H,10H2,1-2H3. The molecule has 2 heterocycles. The van der Waals surface area contributed by atoms with Gasteiger partial charge in [0.1, 0.15) is 12.4 Å². The van der Waals surface area contributed by atoms with E-state index in [9.17, 15) is 9.59 Å². The first-order valence-corrected chi connectivity index (χ1v) is 8.30. The summed E-state index contributed by atoms with van der Waals surface area (Å²) < 4.78 is 12.2. The molecule has 0 saturated carbocycles. The van der Waals surface area contributed by atoms with Crippen molar-refractivity contribution in [3.63, 3.8) is 0 Å². The van der Waals surface area contributed by atoms with Crippen LogP contribution in [-0.4, -0.2) is 21.5 Å². The summed E-state index contributed by atoms with van der Waals surface area (Å²) in [7, 11) is 0. The summed E-state index contributed by atoms with van der Waals surface area (Å²) in [6.45, 7) is 3.82. The van der Waals surface area contributed by atoms with E-state index < -0.39 is 5.97 Å². The Morgan fingerprint density at radius 3 is 2.75 bits per heavy atom. The van der Waals surface area contributed by atoms with Crippen LogP contribution in [0.1, 0.15) is 29.9 Å². The van der Waals surface area contributed by atoms with Crippen LogP contribution in [0.2, 0.25) is 0 Å². The molecule has 0 atom stereocenters. The van der Waals surface area contributed by atoms with Crippen molar-refractivity contribution in [2.24, 2.45) is 0 Å². The molecule has 2 aromatic heterocycles. The van der Waals surface area contributed by atoms with E-state index in [4.69, 9.17) is 9.47 Å². The highest BCUT2D eigenvalue weighted by atomic mass is 32.1. The molecule has 0 aliphatic heterocycles. The van der Waals surface area contributed by atoms with E-state index in [1.807, 2.05) is 13.8 Å². The number of benzene rings is 1. The number of rotatable bonds is 5. The predicted molar refractivity (Wildman–Crippen MR) is 90.7 cm³/mol. The molecule has 0 aliphatic carbocycles. The van der Waals surface area contributed by atoms with Gasteiger partial charge >= 0.3 is 5.97 Å². The van der Waals surface area contributed by atoms with Gasteiger partial charge in [-0.3, -0.25) is 9.20 Å². The monoisotopic (exact) mass is 344 g/mol. The second-order valence-electron chi connectivity index (χ2n) is 5.41. The van der Waals surface area contributed by atoms with Gasteiger partial charge in [0.25, 0.3) is 5.56 Å². The zero-order valence-corrected chi connectivity index (χ0v) is 14.1. The van der Waals surface area contributed by atoms with E-state index in [-0.39, 0.29) is 18.3 Å². The normalized spacial score (nSPS) is 11.0. The lowest BCUT2D eigenvalue weighted by atomic mass is 10.2. The summed E-state index contributed by atoms with van der Waals surface area (Å²) in [5.41, 5.74) is 0.651. The lowest BCUT2D eigenvalue weighted by molar-refractivity contribution is 0.0467. The van der Waals surface area contributed by atoms with Crippen molar-refractivity contribution in [1.82, 2.24) is 9.38 Å². The third kappa shape index (κ3) is 3.62. The molecule has 0 aliphatic rings. The Morgan fingerprint density at radius 2 is 2.04 bits per heavy atom. The van der Waals surface area contributed by atoms with Crippen molar-refractivity contribution in [2.75, 3.05) is 0 Å². The Labute approximate surface area is 142 Å². The van der Waals surface area contributed by atoms with Gasteiger partial charge in [-0.05, 0) is 38.1 Å². The van der Waals surface area contributed by atoms with Crippen LogP contribution in [0.4, 0.5) is 0 Å². The molecular formula is C17H16N2O4S. The number of nitrogens with zero attached hydrogens (tertiary/aromatic N) is 2. The van der Waals surface area contributed by atoms with Crippen molar-refractivity contribution >= 4 is 22.3 Å². The molecule has 0 radical (unpaired) electrons. The molecule has 0 bridgehead atoms. The summed E-state index contributed by atoms with van der Waals surface area (Å²) in [5.74, 6) is 0.221. The summed E-state index contributed by atoms with van der Waals surface area (Å²) in [4.78, 5) is 28.8. The molecule has 0 saturated heterocycles. The highest BCUT2D eigenvalue weighted by Crippen LogP contribution is 2.15. The molecular weight excluding hydrogens is 328 g/mol. The van der Waals surface area contributed by atoms with Crippen molar-refractivity contribution in [3.8, 4) is 5.75 Å². The number of thiazole rings is 1. The van der Waals surface area contributed by atoms with Crippen LogP contribution in [0.3, 0.4) is 0 Å². The first-order valence-electron chi connectivity index (χ1n) is 7.42. The summed E-state index contributed by atoms with van der Waals surface area (Å²) in [6, 6.07) is 8.10. The number of hydrogen-bond donors (Lipinski definition) is 0. The van der Waals surface area contributed by atoms with E-state index >= 15 is 0 Å². The number of fused-ring (bicyclic) bond motifs is 1. The zero-order chi connectivity index (χ0) is 17.1. The number of ether oxygens (including phenoxy) is 2. The van der Waals surface area contributed by atoms with Crippen LogP contribution in [0.5, 0.6) is 5.75 Å². The highest BCUT2D eigenvalue weighted by Gasteiger charge is 2.10. The van der Waals surface area contributed by atoms with Crippen molar-refractivity contribution < 1.29 is 14.3 Å². The number of hydrogen-bond acceptors (Lipinski definition) is 6. The molecule has 6 nitrogen and oxygen atoms in total. The minimum Gasteiger partial charge on any atom is -0.491 e. The molecule has 0 spiro atoms. The van der Waals surface area contributed by atoms with E-state index in [0.29, 0.717) is 22.0 Å². The van der Waals surface area contributed by atoms with Gasteiger partial charge in [-0.2, -0.15) is 0 Å². The molecule has 7 heteroatoms. The number of carbonyl (C=O) groups is 1. The minimum absolute atomic E-state index is 0.0489. The maximum Gasteiger partial charge on any atom is 0.338 e. The first-order chi connectivity index (χ1) is 11.5. The minimum atomic E-state index is -0.473. The third-order valence-corrected chi connectivity index (χ3v) is 3.93. The van der Waals surface area contributed by atoms with Gasteiger partial charge in [0, 0.05) is 17.6 Å². The van der Waals surface area contributed by atoms with E-state index in [2.05, 4.69) is 4.98 Å². The molecule has 24 heavy (non-hydrogen) atoms. The number of esters is 1. The van der Waals surface area contributed by atoms with Gasteiger partial charge in [0.15, 0.2) is 4.96 Å². The van der Waals surface area contributed by atoms with Gasteiger partial charge in [-0.15, -0.1) is 11.3 Å². The second-order valence-corrected chi connectivity index (χ2v) is 6.28. The fraction of sp³-hybridized carbons (Fsp3) is 0.235. The molecule has 3 rings (SSSR count). The van der Waals surface area contributed by atoms with Crippen LogP contribution >= 0.6 is 11.3 Å². The largest absolute Gasteiger partial charge is 0.491 e. The van der Waals surface area contributed by atoms with Crippen LogP contribution in [0, 0.1) is 0 Å². The van der Waals surface area contributed by atoms with Gasteiger partial charge in [-0.1, -0.05) is 0 Å². The Hall–Kier alpha value is -2.67. The summed E-state index contributed by atoms with van der Waals surface area (Å²) >= 11 is 1.35. The lowest BCUT2D eigenvalue weighted by Gasteiger charge is -2.10. The number of carbonyl (C=O) groups excluding carboxylic acids is 1. The van der Waals surface area contributed by atoms with Crippen LogP contribution in [0.15, 0.2) is 46.7 Å².